The molecular weight excluding hydrogens is 219 g/mol. The quantitative estimate of drug-likeness (QED) is 0.672. The van der Waals surface area contributed by atoms with Crippen LogP contribution in [0.25, 0.3) is 22.3 Å². The number of aromatic amines is 1. The number of pyridine rings is 1. The van der Waals surface area contributed by atoms with Gasteiger partial charge in [0.25, 0.3) is 0 Å². The zero-order chi connectivity index (χ0) is 11.8. The van der Waals surface area contributed by atoms with Crippen molar-refractivity contribution in [1.29, 1.82) is 0 Å². The first kappa shape index (κ1) is 9.84. The fourth-order valence-corrected chi connectivity index (χ4v) is 1.79. The summed E-state index contributed by atoms with van der Waals surface area (Å²) in [6, 6.07) is 9.91. The van der Waals surface area contributed by atoms with Crippen LogP contribution in [0.15, 0.2) is 42.6 Å². The molecule has 3 aromatic rings. The summed E-state index contributed by atoms with van der Waals surface area (Å²) in [4.78, 5) is 7.16. The Balaban J connectivity index is 2.14. The first-order chi connectivity index (χ1) is 8.22. The van der Waals surface area contributed by atoms with Gasteiger partial charge in [0.1, 0.15) is 11.6 Å². The van der Waals surface area contributed by atoms with Crippen LogP contribution in [-0.2, 0) is 0 Å². The van der Waals surface area contributed by atoms with E-state index in [9.17, 15) is 9.50 Å². The Kier molecular flexibility index (Phi) is 2.08. The minimum absolute atomic E-state index is 0.218. The number of phenolic OH excluding ortho intramolecular Hbond substituents is 1. The Bertz CT molecular complexity index is 673. The van der Waals surface area contributed by atoms with Gasteiger partial charge in [-0.25, -0.2) is 4.39 Å². The van der Waals surface area contributed by atoms with Gasteiger partial charge in [0.2, 0.25) is 0 Å². The second kappa shape index (κ2) is 3.59. The first-order valence-electron chi connectivity index (χ1n) is 5.16. The van der Waals surface area contributed by atoms with E-state index in [0.717, 1.165) is 16.6 Å². The summed E-state index contributed by atoms with van der Waals surface area (Å²) < 4.78 is 12.8. The highest BCUT2D eigenvalue weighted by atomic mass is 19.1. The third-order valence-corrected chi connectivity index (χ3v) is 2.61. The Morgan fingerprint density at radius 2 is 2.00 bits per heavy atom. The molecule has 4 heteroatoms. The van der Waals surface area contributed by atoms with Crippen LogP contribution in [0.4, 0.5) is 4.39 Å². The molecule has 2 heterocycles. The summed E-state index contributed by atoms with van der Waals surface area (Å²) >= 11 is 0. The number of H-pyrrole nitrogens is 1. The summed E-state index contributed by atoms with van der Waals surface area (Å²) in [6.07, 6.45) is 1.18. The zero-order valence-corrected chi connectivity index (χ0v) is 8.81. The maximum atomic E-state index is 12.8. The van der Waals surface area contributed by atoms with Crippen molar-refractivity contribution >= 4 is 10.9 Å². The highest BCUT2D eigenvalue weighted by molar-refractivity contribution is 5.86. The highest BCUT2D eigenvalue weighted by Crippen LogP contribution is 2.25. The van der Waals surface area contributed by atoms with Gasteiger partial charge in [-0.05, 0) is 36.4 Å². The number of aromatic hydroxyl groups is 1. The van der Waals surface area contributed by atoms with Crippen LogP contribution in [0.1, 0.15) is 0 Å². The van der Waals surface area contributed by atoms with Gasteiger partial charge < -0.3 is 10.1 Å². The lowest BCUT2D eigenvalue weighted by Crippen LogP contribution is -1.83. The Morgan fingerprint density at radius 1 is 1.12 bits per heavy atom. The number of fused-ring (bicyclic) bond motifs is 1. The van der Waals surface area contributed by atoms with Gasteiger partial charge in [-0.3, -0.25) is 4.98 Å². The van der Waals surface area contributed by atoms with Crippen molar-refractivity contribution in [3.05, 3.63) is 48.4 Å². The molecule has 0 atom stereocenters. The van der Waals surface area contributed by atoms with Crippen molar-refractivity contribution in [3.63, 3.8) is 0 Å². The van der Waals surface area contributed by atoms with E-state index in [-0.39, 0.29) is 11.6 Å². The smallest absolute Gasteiger partial charge is 0.141 e. The minimum atomic E-state index is -0.359. The molecule has 3 rings (SSSR count). The average molecular weight is 228 g/mol. The molecule has 0 saturated heterocycles. The molecule has 0 unspecified atom stereocenters. The van der Waals surface area contributed by atoms with E-state index < -0.39 is 0 Å². The molecule has 0 aliphatic heterocycles. The van der Waals surface area contributed by atoms with E-state index in [0.29, 0.717) is 5.69 Å². The van der Waals surface area contributed by atoms with E-state index in [1.54, 1.807) is 24.3 Å². The third-order valence-electron chi connectivity index (χ3n) is 2.61. The number of halogens is 1. The van der Waals surface area contributed by atoms with Crippen LogP contribution in [0.3, 0.4) is 0 Å². The molecule has 0 spiro atoms. The number of nitrogens with one attached hydrogen (secondary N) is 1. The largest absolute Gasteiger partial charge is 0.508 e. The maximum absolute atomic E-state index is 12.8. The average Bonchev–Trinajstić information content (AvgIpc) is 2.72. The van der Waals surface area contributed by atoms with Gasteiger partial charge in [0.15, 0.2) is 0 Å². The van der Waals surface area contributed by atoms with Crippen LogP contribution in [0.2, 0.25) is 0 Å². The number of aromatic nitrogens is 2. The summed E-state index contributed by atoms with van der Waals surface area (Å²) in [7, 11) is 0. The molecule has 0 saturated carbocycles. The van der Waals surface area contributed by atoms with Crippen molar-refractivity contribution in [1.82, 2.24) is 9.97 Å². The molecule has 0 amide bonds. The zero-order valence-electron chi connectivity index (χ0n) is 8.81. The molecule has 0 radical (unpaired) electrons. The van der Waals surface area contributed by atoms with E-state index >= 15 is 0 Å². The molecule has 17 heavy (non-hydrogen) atoms. The minimum Gasteiger partial charge on any atom is -0.508 e. The van der Waals surface area contributed by atoms with E-state index in [4.69, 9.17) is 0 Å². The summed E-state index contributed by atoms with van der Waals surface area (Å²) in [5.41, 5.74) is 2.37. The second-order valence-corrected chi connectivity index (χ2v) is 3.82. The summed E-state index contributed by atoms with van der Waals surface area (Å²) in [6.45, 7) is 0. The fourth-order valence-electron chi connectivity index (χ4n) is 1.79. The molecule has 0 bridgehead atoms. The van der Waals surface area contributed by atoms with E-state index in [1.807, 2.05) is 6.07 Å². The Morgan fingerprint density at radius 3 is 2.76 bits per heavy atom. The van der Waals surface area contributed by atoms with Crippen molar-refractivity contribution in [3.8, 4) is 17.1 Å². The highest BCUT2D eigenvalue weighted by Gasteiger charge is 2.05. The molecular formula is C13H9FN2O. The number of phenols is 1. The van der Waals surface area contributed by atoms with Crippen molar-refractivity contribution in [2.24, 2.45) is 0 Å². The number of benzene rings is 1. The van der Waals surface area contributed by atoms with E-state index in [2.05, 4.69) is 9.97 Å². The third kappa shape index (κ3) is 1.73. The van der Waals surface area contributed by atoms with Crippen LogP contribution in [-0.4, -0.2) is 15.1 Å². The standard InChI is InChI=1S/C13H9FN2O/c14-9-1-3-12(15-7-9)13-6-8-5-10(17)2-4-11(8)16-13/h1-7,16-17H. The van der Waals surface area contributed by atoms with Crippen LogP contribution in [0, 0.1) is 5.82 Å². The lowest BCUT2D eigenvalue weighted by molar-refractivity contribution is 0.476. The molecule has 1 aromatic carbocycles. The number of nitrogens with zero attached hydrogens (tertiary/aromatic N) is 1. The lowest BCUT2D eigenvalue weighted by Gasteiger charge is -1.95. The molecule has 2 N–H and O–H groups in total. The second-order valence-electron chi connectivity index (χ2n) is 3.82. The van der Waals surface area contributed by atoms with Crippen molar-refractivity contribution in [2.75, 3.05) is 0 Å². The van der Waals surface area contributed by atoms with Gasteiger partial charge in [0, 0.05) is 10.9 Å². The maximum Gasteiger partial charge on any atom is 0.141 e. The predicted molar refractivity (Wildman–Crippen MR) is 63.2 cm³/mol. The van der Waals surface area contributed by atoms with Gasteiger partial charge in [-0.15, -0.1) is 0 Å². The fraction of sp³-hybridized carbons (Fsp3) is 0. The molecule has 0 fully saturated rings. The Hall–Kier alpha value is -2.36. The van der Waals surface area contributed by atoms with Gasteiger partial charge in [0.05, 0.1) is 17.6 Å². The molecule has 2 aromatic heterocycles. The van der Waals surface area contributed by atoms with Gasteiger partial charge >= 0.3 is 0 Å². The van der Waals surface area contributed by atoms with Crippen molar-refractivity contribution < 1.29 is 9.50 Å². The monoisotopic (exact) mass is 228 g/mol. The molecule has 3 nitrogen and oxygen atoms in total. The molecule has 84 valence electrons. The SMILES string of the molecule is Oc1ccc2[nH]c(-c3ccc(F)cn3)cc2c1. The number of hydrogen-bond donors (Lipinski definition) is 2. The predicted octanol–water partition coefficient (Wildman–Crippen LogP) is 3.07. The molecule has 0 aliphatic rings. The van der Waals surface area contributed by atoms with Crippen LogP contribution < -0.4 is 0 Å². The van der Waals surface area contributed by atoms with E-state index in [1.165, 1.54) is 12.3 Å². The first-order valence-corrected chi connectivity index (χ1v) is 5.16. The topological polar surface area (TPSA) is 48.9 Å². The Labute approximate surface area is 96.6 Å². The number of rotatable bonds is 1. The lowest BCUT2D eigenvalue weighted by atomic mass is 10.2. The summed E-state index contributed by atoms with van der Waals surface area (Å²) in [5, 5.41) is 10.3. The number of hydrogen-bond acceptors (Lipinski definition) is 2. The molecule has 0 aliphatic carbocycles. The normalized spacial score (nSPS) is 10.9. The van der Waals surface area contributed by atoms with Crippen LogP contribution >= 0.6 is 0 Å². The van der Waals surface area contributed by atoms with Crippen molar-refractivity contribution in [2.45, 2.75) is 0 Å². The van der Waals surface area contributed by atoms with Gasteiger partial charge in [-0.2, -0.15) is 0 Å². The summed E-state index contributed by atoms with van der Waals surface area (Å²) in [5.74, 6) is -0.141. The van der Waals surface area contributed by atoms with Gasteiger partial charge in [-0.1, -0.05) is 0 Å². The van der Waals surface area contributed by atoms with Crippen LogP contribution in [0.5, 0.6) is 5.75 Å².